The Hall–Kier alpha value is -0.760. The molecule has 2 nitrogen and oxygen atoms in total. The van der Waals surface area contributed by atoms with Crippen molar-refractivity contribution in [3.05, 3.63) is 25.7 Å². The summed E-state index contributed by atoms with van der Waals surface area (Å²) in [6.45, 7) is 6.51. The van der Waals surface area contributed by atoms with E-state index in [2.05, 4.69) is 17.9 Å². The van der Waals surface area contributed by atoms with Crippen LogP contribution in [0.25, 0.3) is 0 Å². The number of ether oxygens (including phenoxy) is 1. The molecule has 0 unspecified atom stereocenters. The zero-order chi connectivity index (χ0) is 10.8. The number of fused-ring (bicyclic) bond motifs is 2. The van der Waals surface area contributed by atoms with Crippen LogP contribution in [-0.2, 0) is 4.74 Å². The van der Waals surface area contributed by atoms with Crippen molar-refractivity contribution in [2.24, 2.45) is 11.8 Å². The first-order valence-electron chi connectivity index (χ1n) is 5.18. The van der Waals surface area contributed by atoms with Gasteiger partial charge >= 0.3 is 0 Å². The first-order chi connectivity index (χ1) is 6.86. The van der Waals surface area contributed by atoms with Crippen LogP contribution in [0.15, 0.2) is 25.7 Å². The predicted molar refractivity (Wildman–Crippen MR) is 59.7 cm³/mol. The summed E-state index contributed by atoms with van der Waals surface area (Å²) in [7, 11) is 1.00. The Balaban J connectivity index is 0.000000217. The minimum Gasteiger partial charge on any atom is -0.474 e. The molecule has 0 aromatic carbocycles. The molecule has 0 spiro atoms. The Morgan fingerprint density at radius 3 is 1.43 bits per heavy atom. The maximum atomic E-state index is 7.00. The quantitative estimate of drug-likeness (QED) is 0.691. The summed E-state index contributed by atoms with van der Waals surface area (Å²) in [6, 6.07) is 0. The third-order valence-electron chi connectivity index (χ3n) is 2.83. The van der Waals surface area contributed by atoms with Crippen molar-refractivity contribution in [3.63, 3.8) is 0 Å². The van der Waals surface area contributed by atoms with E-state index in [0.717, 1.165) is 7.11 Å². The highest BCUT2D eigenvalue weighted by Gasteiger charge is 2.30. The lowest BCUT2D eigenvalue weighted by Gasteiger charge is -2.05. The molecule has 0 atom stereocenters. The summed E-state index contributed by atoms with van der Waals surface area (Å²) in [5.74, 6) is 2.34. The fraction of sp³-hybridized carbons (Fsp3) is 0.667. The van der Waals surface area contributed by atoms with Gasteiger partial charge in [-0.3, -0.25) is 0 Å². The number of hydrogen-bond acceptors (Lipinski definition) is 2. The SMILES string of the molecule is C1CC2CCC1C2.C=COC=C.CO. The summed E-state index contributed by atoms with van der Waals surface area (Å²) in [5.41, 5.74) is 0. The molecule has 0 aromatic heterocycles. The molecule has 2 fully saturated rings. The number of aliphatic hydroxyl groups excluding tert-OH is 1. The first-order valence-corrected chi connectivity index (χ1v) is 5.18. The highest BCUT2D eigenvalue weighted by Crippen LogP contribution is 2.43. The van der Waals surface area contributed by atoms with Gasteiger partial charge < -0.3 is 9.84 Å². The average molecular weight is 198 g/mol. The molecule has 0 saturated heterocycles. The third kappa shape index (κ3) is 5.07. The highest BCUT2D eigenvalue weighted by molar-refractivity contribution is 4.82. The normalized spacial score (nSPS) is 26.4. The van der Waals surface area contributed by atoms with Gasteiger partial charge in [-0.1, -0.05) is 38.8 Å². The maximum Gasteiger partial charge on any atom is 0.0829 e. The van der Waals surface area contributed by atoms with Crippen LogP contribution in [0.3, 0.4) is 0 Å². The van der Waals surface area contributed by atoms with Crippen LogP contribution in [0.2, 0.25) is 0 Å². The Morgan fingerprint density at radius 1 is 1.00 bits per heavy atom. The fourth-order valence-electron chi connectivity index (χ4n) is 2.24. The molecule has 2 bridgehead atoms. The largest absolute Gasteiger partial charge is 0.474 e. The van der Waals surface area contributed by atoms with E-state index in [-0.39, 0.29) is 0 Å². The van der Waals surface area contributed by atoms with Gasteiger partial charge in [-0.05, 0) is 18.3 Å². The monoisotopic (exact) mass is 198 g/mol. The van der Waals surface area contributed by atoms with Crippen LogP contribution >= 0.6 is 0 Å². The summed E-state index contributed by atoms with van der Waals surface area (Å²) in [5, 5.41) is 7.00. The number of rotatable bonds is 2. The van der Waals surface area contributed by atoms with Gasteiger partial charge in [-0.25, -0.2) is 0 Å². The lowest BCUT2D eigenvalue weighted by atomic mass is 10.0. The molecule has 0 heterocycles. The fourth-order valence-corrected chi connectivity index (χ4v) is 2.24. The lowest BCUT2D eigenvalue weighted by Crippen LogP contribution is -1.90. The van der Waals surface area contributed by atoms with Crippen molar-refractivity contribution in [3.8, 4) is 0 Å². The van der Waals surface area contributed by atoms with E-state index >= 15 is 0 Å². The lowest BCUT2D eigenvalue weighted by molar-refractivity contribution is 0.399. The van der Waals surface area contributed by atoms with Gasteiger partial charge in [0, 0.05) is 7.11 Å². The van der Waals surface area contributed by atoms with Crippen LogP contribution in [-0.4, -0.2) is 12.2 Å². The molecule has 0 radical (unpaired) electrons. The van der Waals surface area contributed by atoms with E-state index in [1.54, 1.807) is 32.1 Å². The molecule has 2 aliphatic rings. The number of aliphatic hydroxyl groups is 1. The van der Waals surface area contributed by atoms with E-state index in [0.29, 0.717) is 0 Å². The molecule has 82 valence electrons. The molecule has 0 aromatic rings. The molecule has 0 aliphatic heterocycles. The van der Waals surface area contributed by atoms with E-state index in [4.69, 9.17) is 5.11 Å². The van der Waals surface area contributed by atoms with E-state index in [1.165, 1.54) is 24.4 Å². The van der Waals surface area contributed by atoms with Gasteiger partial charge in [0.2, 0.25) is 0 Å². The predicted octanol–water partition coefficient (Wildman–Crippen LogP) is 3.10. The smallest absolute Gasteiger partial charge is 0.0829 e. The standard InChI is InChI=1S/C7H12.C4H6O.CH4O/c1-2-7-4-3-6(1)5-7;1-3-5-4-2;1-2/h6-7H,1-5H2;3-4H,1-2H2;2H,1H3. The van der Waals surface area contributed by atoms with Crippen molar-refractivity contribution < 1.29 is 9.84 Å². The van der Waals surface area contributed by atoms with Crippen LogP contribution < -0.4 is 0 Å². The zero-order valence-corrected chi connectivity index (χ0v) is 9.11. The van der Waals surface area contributed by atoms with Crippen LogP contribution in [0.5, 0.6) is 0 Å². The zero-order valence-electron chi connectivity index (χ0n) is 9.11. The topological polar surface area (TPSA) is 29.5 Å². The maximum absolute atomic E-state index is 7.00. The van der Waals surface area contributed by atoms with Crippen LogP contribution in [0.1, 0.15) is 32.1 Å². The number of hydrogen-bond donors (Lipinski definition) is 1. The average Bonchev–Trinajstić information content (AvgIpc) is 2.86. The van der Waals surface area contributed by atoms with Gasteiger partial charge in [0.15, 0.2) is 0 Å². The first kappa shape index (κ1) is 13.2. The molecule has 0 amide bonds. The summed E-state index contributed by atoms with van der Waals surface area (Å²) in [6.07, 6.45) is 10.4. The van der Waals surface area contributed by atoms with E-state index in [9.17, 15) is 0 Å². The van der Waals surface area contributed by atoms with Gasteiger partial charge in [0.1, 0.15) is 0 Å². The van der Waals surface area contributed by atoms with Gasteiger partial charge in [0.25, 0.3) is 0 Å². The molecule has 2 saturated carbocycles. The van der Waals surface area contributed by atoms with Crippen molar-refractivity contribution in [2.75, 3.05) is 7.11 Å². The minimum absolute atomic E-state index is 1.00. The summed E-state index contributed by atoms with van der Waals surface area (Å²) >= 11 is 0. The highest BCUT2D eigenvalue weighted by atomic mass is 16.5. The van der Waals surface area contributed by atoms with Gasteiger partial charge in [0.05, 0.1) is 12.5 Å². The third-order valence-corrected chi connectivity index (χ3v) is 2.83. The minimum atomic E-state index is 1.00. The van der Waals surface area contributed by atoms with E-state index < -0.39 is 0 Å². The second kappa shape index (κ2) is 8.82. The molecule has 14 heavy (non-hydrogen) atoms. The van der Waals surface area contributed by atoms with Gasteiger partial charge in [-0.2, -0.15) is 0 Å². The van der Waals surface area contributed by atoms with Gasteiger partial charge in [-0.15, -0.1) is 0 Å². The van der Waals surface area contributed by atoms with Crippen molar-refractivity contribution in [2.45, 2.75) is 32.1 Å². The Morgan fingerprint density at radius 2 is 1.36 bits per heavy atom. The Bertz CT molecular complexity index is 130. The van der Waals surface area contributed by atoms with Crippen molar-refractivity contribution >= 4 is 0 Å². The Labute approximate surface area is 87.3 Å². The molecular formula is C12H22O2. The van der Waals surface area contributed by atoms with Crippen molar-refractivity contribution in [1.29, 1.82) is 0 Å². The van der Waals surface area contributed by atoms with Crippen LogP contribution in [0.4, 0.5) is 0 Å². The van der Waals surface area contributed by atoms with E-state index in [1.807, 2.05) is 0 Å². The molecule has 2 rings (SSSR count). The molecule has 2 heteroatoms. The Kier molecular flexibility index (Phi) is 8.34. The summed E-state index contributed by atoms with van der Waals surface area (Å²) < 4.78 is 4.36. The summed E-state index contributed by atoms with van der Waals surface area (Å²) in [4.78, 5) is 0. The second-order valence-corrected chi connectivity index (χ2v) is 3.59. The van der Waals surface area contributed by atoms with Crippen molar-refractivity contribution in [1.82, 2.24) is 0 Å². The molecule has 2 aliphatic carbocycles. The molecular weight excluding hydrogens is 176 g/mol. The van der Waals surface area contributed by atoms with Crippen LogP contribution in [0, 0.1) is 11.8 Å². The molecule has 1 N–H and O–H groups in total. The second-order valence-electron chi connectivity index (χ2n) is 3.59.